The van der Waals surface area contributed by atoms with Crippen LogP contribution in [-0.4, -0.2) is 103 Å². The van der Waals surface area contributed by atoms with Gasteiger partial charge in [-0.3, -0.25) is 35.3 Å². The Bertz CT molecular complexity index is 6930. The van der Waals surface area contributed by atoms with Gasteiger partial charge in [-0.2, -0.15) is 31.5 Å². The van der Waals surface area contributed by atoms with Crippen molar-refractivity contribution in [2.45, 2.75) is 92.9 Å². The van der Waals surface area contributed by atoms with Crippen LogP contribution in [0, 0.1) is 41.8 Å². The highest BCUT2D eigenvalue weighted by Gasteiger charge is 2.49. The number of amides is 2. The first-order valence-corrected chi connectivity index (χ1v) is 48.1. The third-order valence-corrected chi connectivity index (χ3v) is 26.5. The van der Waals surface area contributed by atoms with Crippen LogP contribution in [0.2, 0.25) is 10.0 Å². The number of aryl methyl sites for hydroxylation is 5. The first-order chi connectivity index (χ1) is 62.6. The molecule has 0 saturated carbocycles. The second-order valence-electron chi connectivity index (χ2n) is 30.4. The van der Waals surface area contributed by atoms with E-state index in [0.717, 1.165) is 151 Å². The number of pyridine rings is 5. The molecule has 25 nitrogen and oxygen atoms in total. The van der Waals surface area contributed by atoms with Gasteiger partial charge in [0.2, 0.25) is 5.88 Å². The van der Waals surface area contributed by atoms with Crippen LogP contribution < -0.4 is 31.5 Å². The van der Waals surface area contributed by atoms with Crippen LogP contribution in [0.5, 0.6) is 5.88 Å². The third kappa shape index (κ3) is 26.1. The minimum Gasteiger partial charge on any atom is -0.443 e. The van der Waals surface area contributed by atoms with Crippen LogP contribution in [0.15, 0.2) is 249 Å². The molecule has 0 saturated heterocycles. The molecular weight excluding hydrogens is 2070 g/mol. The largest absolute Gasteiger partial charge is 0.534 e. The number of carbonyl (C=O) groups excluding carboxylic acids is 2. The molecule has 0 aliphatic carbocycles. The molecule has 11 aromatic heterocycles. The number of H-pyrrole nitrogens is 1. The molecule has 0 aliphatic heterocycles. The van der Waals surface area contributed by atoms with Gasteiger partial charge in [0, 0.05) is 119 Å². The molecule has 11 heterocycles. The number of nitrogens with two attached hydrogens (primary N) is 3. The van der Waals surface area contributed by atoms with Crippen LogP contribution in [0.3, 0.4) is 0 Å². The minimum absolute atomic E-state index is 0.0411. The summed E-state index contributed by atoms with van der Waals surface area (Å²) in [7, 11) is -5.72. The highest BCUT2D eigenvalue weighted by Crippen LogP contribution is 2.43. The molecule has 2 amide bonds. The quantitative estimate of drug-likeness (QED) is 0.0194. The second kappa shape index (κ2) is 43.7. The first kappa shape index (κ1) is 99.2. The molecule has 0 spiro atoms. The second-order valence-corrected chi connectivity index (χ2v) is 41.1. The van der Waals surface area contributed by atoms with Crippen molar-refractivity contribution in [3.05, 3.63) is 291 Å². The molecule has 9 N–H and O–H groups in total. The number of rotatable bonds is 14. The van der Waals surface area contributed by atoms with Gasteiger partial charge in [-0.05, 0) is 273 Å². The van der Waals surface area contributed by atoms with Crippen LogP contribution in [0.1, 0.15) is 65.9 Å². The molecule has 6 aromatic carbocycles. The summed E-state index contributed by atoms with van der Waals surface area (Å²) < 4.78 is 75.3. The number of anilines is 5. The maximum atomic E-state index is 13.0. The van der Waals surface area contributed by atoms with Crippen LogP contribution in [-0.2, 0) is 19.6 Å². The zero-order chi connectivity index (χ0) is 95.1. The van der Waals surface area contributed by atoms with E-state index in [2.05, 4.69) is 135 Å². The highest BCUT2D eigenvalue weighted by molar-refractivity contribution is 14.1. The third-order valence-electron chi connectivity index (χ3n) is 18.2. The van der Waals surface area contributed by atoms with E-state index in [1.165, 1.54) is 35.0 Å². The van der Waals surface area contributed by atoms with Crippen molar-refractivity contribution in [2.24, 2.45) is 0 Å². The van der Waals surface area contributed by atoms with Gasteiger partial charge in [-0.1, -0.05) is 89.9 Å². The fraction of sp³-hybridized carbons (Fsp3) is 0.149. The van der Waals surface area contributed by atoms with Crippen LogP contribution in [0.4, 0.5) is 51.2 Å². The Hall–Kier alpha value is -11.8. The Morgan fingerprint density at radius 1 is 0.439 bits per heavy atom. The van der Waals surface area contributed by atoms with Crippen LogP contribution >= 0.6 is 125 Å². The van der Waals surface area contributed by atoms with E-state index in [4.69, 9.17) is 80.2 Å². The summed E-state index contributed by atoms with van der Waals surface area (Å²) in [5, 5.41) is 23.2. The summed E-state index contributed by atoms with van der Waals surface area (Å²) in [6.07, 6.45) is 7.00. The van der Waals surface area contributed by atoms with Gasteiger partial charge in [-0.25, -0.2) is 29.5 Å². The van der Waals surface area contributed by atoms with E-state index >= 15 is 0 Å². The normalized spacial score (nSPS) is 11.2. The number of ether oxygens (including phenoxy) is 2. The summed E-state index contributed by atoms with van der Waals surface area (Å²) in [5.74, 6) is -0.590. The lowest BCUT2D eigenvalue weighted by Gasteiger charge is -2.29. The molecule has 0 unspecified atom stereocenters. The lowest BCUT2D eigenvalue weighted by atomic mass is 10.1. The molecule has 0 atom stereocenters. The van der Waals surface area contributed by atoms with Gasteiger partial charge in [0.05, 0.1) is 77.5 Å². The zero-order valence-electron chi connectivity index (χ0n) is 72.1. The first-order valence-electron chi connectivity index (χ1n) is 39.7. The number of carbonyl (C=O) groups is 2. The summed E-state index contributed by atoms with van der Waals surface area (Å²) in [5.41, 5.74) is 27.3. The number of nitrogen functional groups attached to an aromatic ring is 3. The lowest BCUT2D eigenvalue weighted by Crippen LogP contribution is -2.44. The van der Waals surface area contributed by atoms with Crippen molar-refractivity contribution < 1.29 is 55.2 Å². The number of fused-ring (bicyclic) bond motifs is 1. The SMILES string of the molecule is Cc1sc(-c2ccccn2)nc1-c1ccc(N(C(=O)OC(C)(C)C)C(=O)OC(C)(C)C)c(I)c1.Cc1sc(-c2ccccn2)nc1-c1ccc(N)c(I)c1.Cc1sc(-c2ccccn2)nc1-c1ccc(N)cc1.Cc1sc(-c2ccccn2)nc1-c1ccc2[nH]c(-c3c(Cl)cccc3Cl)cc2c1.Cc1sc(-c2ccccn2)nc1OS(=O)(=O)C(F)(F)F.Nc1ccc(N(O)O)cc1. The standard InChI is InChI=1S/C25H28IN3O4S.C23H15Cl2N3S.C15H12IN3S.C15H13N3S.C10H7F3N2O3S2.C6H8N2O2/c1-15-20(28-21(34-15)18-10-8-9-13-27-18)16-11-12-19(17(26)14-16)29(22(30)32-24(2,3)4)23(31)33-25(5,6)7;1-13-22(28-23(29-13)19-7-2-3-10-26-19)14-8-9-18-15(11-14)12-20(27-18)21-16(24)5-4-6-17(21)25;1-9-14(10-5-6-12(17)11(16)8-10)19-15(20-9)13-4-2-3-7-18-13;1-10-14(11-5-7-12(16)8-6-11)18-15(19-10)13-4-2-3-9-17-13;1-6-8(18-20(16,17)10(11,12)13)15-9(19-6)7-4-2-3-5-14-7;7-5-1-3-6(4-2-5)8(9)10/h8-14H,1-7H3;2-12,27H,1H3;2-8H,17H2,1H3;2-9H,16H2,1H3;2-5H,1H3;1-4,9-10H,7H2. The van der Waals surface area contributed by atoms with Gasteiger partial charge in [0.25, 0.3) is 0 Å². The zero-order valence-corrected chi connectivity index (χ0v) is 82.8. The molecule has 132 heavy (non-hydrogen) atoms. The smallest absolute Gasteiger partial charge is 0.443 e. The maximum absolute atomic E-state index is 13.0. The van der Waals surface area contributed by atoms with E-state index < -0.39 is 44.9 Å². The Labute approximate surface area is 816 Å². The van der Waals surface area contributed by atoms with Gasteiger partial charge < -0.3 is 35.8 Å². The van der Waals surface area contributed by atoms with E-state index in [1.54, 1.807) is 148 Å². The monoisotopic (exact) mass is 2150 g/mol. The van der Waals surface area contributed by atoms with Crippen molar-refractivity contribution in [3.63, 3.8) is 0 Å². The number of halogens is 7. The fourth-order valence-corrected chi connectivity index (χ4v) is 18.9. The Balaban J connectivity index is 0.000000147. The van der Waals surface area contributed by atoms with E-state index in [1.807, 2.05) is 146 Å². The summed E-state index contributed by atoms with van der Waals surface area (Å²) in [6, 6.07) is 67.6. The Kier molecular flexibility index (Phi) is 32.9. The Morgan fingerprint density at radius 2 is 0.795 bits per heavy atom. The molecule has 17 rings (SSSR count). The number of imide groups is 1. The molecule has 0 bridgehead atoms. The van der Waals surface area contributed by atoms with Crippen molar-refractivity contribution in [1.29, 1.82) is 0 Å². The number of aromatic amines is 1. The number of nitrogens with zero attached hydrogens (tertiary/aromatic N) is 12. The molecule has 17 aromatic rings. The van der Waals surface area contributed by atoms with E-state index in [-0.39, 0.29) is 20.8 Å². The molecule has 0 radical (unpaired) electrons. The predicted octanol–water partition coefficient (Wildman–Crippen LogP) is 26.8. The van der Waals surface area contributed by atoms with Crippen molar-refractivity contribution in [3.8, 4) is 116 Å². The lowest BCUT2D eigenvalue weighted by molar-refractivity contribution is -0.0501. The van der Waals surface area contributed by atoms with Crippen molar-refractivity contribution in [2.75, 3.05) is 27.3 Å². The number of nitrogens with one attached hydrogen (secondary N) is 1. The number of thiazole rings is 5. The highest BCUT2D eigenvalue weighted by atomic mass is 127. The molecule has 0 fully saturated rings. The number of alkyl halides is 3. The minimum atomic E-state index is -5.72. The number of hydrogen-bond donors (Lipinski definition) is 6. The average molecular weight is 2150 g/mol. The summed E-state index contributed by atoms with van der Waals surface area (Å²) >= 11 is 24.7. The molecule has 0 aliphatic rings. The molecule has 38 heteroatoms. The van der Waals surface area contributed by atoms with Gasteiger partial charge in [-0.15, -0.1) is 61.9 Å². The van der Waals surface area contributed by atoms with Crippen molar-refractivity contribution in [1.82, 2.24) is 54.8 Å². The molecule has 678 valence electrons. The number of hydrogen-bond acceptors (Lipinski definition) is 28. The van der Waals surface area contributed by atoms with Crippen molar-refractivity contribution >= 4 is 187 Å². The van der Waals surface area contributed by atoms with Gasteiger partial charge in [0.15, 0.2) is 0 Å². The predicted molar refractivity (Wildman–Crippen MR) is 541 cm³/mol. The Morgan fingerprint density at radius 3 is 1.17 bits per heavy atom. The fourth-order valence-electron chi connectivity index (χ4n) is 12.1. The van der Waals surface area contributed by atoms with Crippen LogP contribution in [0.25, 0.3) is 121 Å². The number of benzene rings is 6. The average Bonchev–Trinajstić information content (AvgIpc) is 1.64. The van der Waals surface area contributed by atoms with Gasteiger partial charge >= 0.3 is 27.8 Å². The topological polar surface area (TPSA) is 366 Å². The molecular formula is C94H83Cl2F3I2N16O9S6. The van der Waals surface area contributed by atoms with E-state index in [9.17, 15) is 31.2 Å². The summed E-state index contributed by atoms with van der Waals surface area (Å²) in [6.45, 7) is 20.2. The van der Waals surface area contributed by atoms with E-state index in [0.29, 0.717) is 30.7 Å². The number of aromatic nitrogens is 11. The summed E-state index contributed by atoms with van der Waals surface area (Å²) in [4.78, 5) is 79.4. The maximum Gasteiger partial charge on any atom is 0.534 e. The van der Waals surface area contributed by atoms with Gasteiger partial charge in [0.1, 0.15) is 36.2 Å².